The predicted octanol–water partition coefficient (Wildman–Crippen LogP) is 5.14. The molecule has 4 rings (SSSR count). The Labute approximate surface area is 182 Å². The van der Waals surface area contributed by atoms with Crippen LogP contribution in [0.15, 0.2) is 12.3 Å². The van der Waals surface area contributed by atoms with Gasteiger partial charge in [-0.2, -0.15) is 0 Å². The summed E-state index contributed by atoms with van der Waals surface area (Å²) >= 11 is 0. The van der Waals surface area contributed by atoms with E-state index in [9.17, 15) is 9.59 Å². The summed E-state index contributed by atoms with van der Waals surface area (Å²) in [5.41, 5.74) is 0. The number of alkyl carbamates (subject to hydrolysis) is 2. The summed E-state index contributed by atoms with van der Waals surface area (Å²) in [6.45, 7) is 13.1. The molecule has 4 aliphatic rings. The van der Waals surface area contributed by atoms with E-state index in [4.69, 9.17) is 9.47 Å². The van der Waals surface area contributed by atoms with Crippen LogP contribution in [0.2, 0.25) is 25.7 Å². The van der Waals surface area contributed by atoms with E-state index in [2.05, 4.69) is 36.9 Å². The number of carbonyl (C=O) groups is 2. The molecule has 0 aliphatic heterocycles. The molecule has 0 aromatic heterocycles. The molecule has 6 atom stereocenters. The quantitative estimate of drug-likeness (QED) is 0.367. The van der Waals surface area contributed by atoms with Gasteiger partial charge in [-0.3, -0.25) is 0 Å². The van der Waals surface area contributed by atoms with Crippen molar-refractivity contribution in [1.82, 2.24) is 10.6 Å². The largest absolute Gasteiger partial charge is 0.449 e. The molecule has 0 heterocycles. The van der Waals surface area contributed by atoms with Gasteiger partial charge < -0.3 is 20.1 Å². The summed E-state index contributed by atoms with van der Waals surface area (Å²) in [5, 5.41) is 5.85. The van der Waals surface area contributed by atoms with Crippen LogP contribution in [-0.4, -0.2) is 39.5 Å². The van der Waals surface area contributed by atoms with E-state index >= 15 is 0 Å². The summed E-state index contributed by atoms with van der Waals surface area (Å²) in [4.78, 5) is 24.2. The molecule has 6 nitrogen and oxygen atoms in total. The maximum atomic E-state index is 12.2. The van der Waals surface area contributed by atoms with Crippen LogP contribution in [0, 0.1) is 29.6 Å². The molecule has 7 heteroatoms. The zero-order valence-electron chi connectivity index (χ0n) is 19.2. The molecule has 0 unspecified atom stereocenters. The van der Waals surface area contributed by atoms with Crippen LogP contribution in [0.4, 0.5) is 9.59 Å². The minimum Gasteiger partial charge on any atom is -0.449 e. The van der Waals surface area contributed by atoms with Crippen molar-refractivity contribution in [2.24, 2.45) is 29.6 Å². The number of allylic oxidation sites excluding steroid dienone is 1. The maximum absolute atomic E-state index is 12.2. The van der Waals surface area contributed by atoms with Gasteiger partial charge in [-0.25, -0.2) is 9.59 Å². The molecule has 0 spiro atoms. The lowest BCUT2D eigenvalue weighted by atomic mass is 9.73. The van der Waals surface area contributed by atoms with Crippen molar-refractivity contribution < 1.29 is 19.1 Å². The third kappa shape index (κ3) is 6.50. The smallest absolute Gasteiger partial charge is 0.412 e. The Hall–Kier alpha value is -1.50. The van der Waals surface area contributed by atoms with E-state index in [0.717, 1.165) is 36.1 Å². The van der Waals surface area contributed by atoms with Crippen molar-refractivity contribution >= 4 is 20.3 Å². The van der Waals surface area contributed by atoms with Gasteiger partial charge >= 0.3 is 12.2 Å². The fourth-order valence-corrected chi connectivity index (χ4v) is 6.94. The minimum atomic E-state index is -1.18. The van der Waals surface area contributed by atoms with E-state index in [1.54, 1.807) is 6.92 Å². The SMILES string of the molecule is C=C(C)OC(=O)N[C@H](CCOC(=O)NCC[Si](C)(C)C)C[C@H]1[C@H]2C[C@@H]3C[C@@H](C2)[C@@H]1C3. The van der Waals surface area contributed by atoms with E-state index in [1.165, 1.54) is 25.7 Å². The average molecular weight is 437 g/mol. The molecule has 4 fully saturated rings. The van der Waals surface area contributed by atoms with E-state index in [1.807, 2.05) is 0 Å². The van der Waals surface area contributed by atoms with Crippen LogP contribution in [0.1, 0.15) is 45.4 Å². The predicted molar refractivity (Wildman–Crippen MR) is 121 cm³/mol. The lowest BCUT2D eigenvalue weighted by Gasteiger charge is -2.34. The Morgan fingerprint density at radius 3 is 2.50 bits per heavy atom. The zero-order chi connectivity index (χ0) is 21.9. The van der Waals surface area contributed by atoms with Crippen molar-refractivity contribution in [3.63, 3.8) is 0 Å². The lowest BCUT2D eigenvalue weighted by molar-refractivity contribution is 0.126. The van der Waals surface area contributed by atoms with Gasteiger partial charge in [0.15, 0.2) is 0 Å². The number of amides is 2. The third-order valence-electron chi connectivity index (χ3n) is 7.23. The number of rotatable bonds is 10. The van der Waals surface area contributed by atoms with Crippen LogP contribution in [0.5, 0.6) is 0 Å². The molecule has 2 amide bonds. The first-order valence-electron chi connectivity index (χ1n) is 11.6. The van der Waals surface area contributed by atoms with Gasteiger partial charge in [0, 0.05) is 27.1 Å². The van der Waals surface area contributed by atoms with Gasteiger partial charge in [0.1, 0.15) is 0 Å². The van der Waals surface area contributed by atoms with Crippen molar-refractivity contribution in [1.29, 1.82) is 0 Å². The maximum Gasteiger partial charge on any atom is 0.412 e. The third-order valence-corrected chi connectivity index (χ3v) is 8.98. The topological polar surface area (TPSA) is 76.7 Å². The van der Waals surface area contributed by atoms with Crippen LogP contribution >= 0.6 is 0 Å². The summed E-state index contributed by atoms with van der Waals surface area (Å²) in [5.74, 6) is 4.52. The van der Waals surface area contributed by atoms with Gasteiger partial charge in [0.25, 0.3) is 0 Å². The molecule has 0 aromatic carbocycles. The van der Waals surface area contributed by atoms with E-state index in [-0.39, 0.29) is 12.1 Å². The minimum absolute atomic E-state index is 0.0463. The van der Waals surface area contributed by atoms with Gasteiger partial charge in [0.2, 0.25) is 0 Å². The van der Waals surface area contributed by atoms with Gasteiger partial charge in [-0.05, 0) is 74.7 Å². The molecular weight excluding hydrogens is 396 g/mol. The summed E-state index contributed by atoms with van der Waals surface area (Å²) in [6, 6.07) is 0.987. The van der Waals surface area contributed by atoms with Crippen molar-refractivity contribution in [2.45, 2.75) is 77.2 Å². The number of nitrogens with one attached hydrogen (secondary N) is 2. The molecule has 4 saturated carbocycles. The van der Waals surface area contributed by atoms with Crippen LogP contribution in [-0.2, 0) is 9.47 Å². The first kappa shape index (κ1) is 23.2. The molecule has 0 aromatic rings. The first-order valence-corrected chi connectivity index (χ1v) is 15.4. The van der Waals surface area contributed by atoms with Crippen molar-refractivity contribution in [3.05, 3.63) is 12.3 Å². The summed E-state index contributed by atoms with van der Waals surface area (Å²) in [7, 11) is -1.18. The van der Waals surface area contributed by atoms with Crippen LogP contribution in [0.3, 0.4) is 0 Å². The second kappa shape index (κ2) is 9.75. The highest BCUT2D eigenvalue weighted by Gasteiger charge is 2.53. The average Bonchev–Trinajstić information content (AvgIpc) is 3.01. The zero-order valence-corrected chi connectivity index (χ0v) is 20.2. The second-order valence-corrected chi connectivity index (χ2v) is 16.6. The molecule has 4 aliphatic carbocycles. The Morgan fingerprint density at radius 1 is 1.10 bits per heavy atom. The Bertz CT molecular complexity index is 644. The molecular formula is C23H40N2O4Si. The van der Waals surface area contributed by atoms with E-state index in [0.29, 0.717) is 31.2 Å². The molecule has 170 valence electrons. The first-order chi connectivity index (χ1) is 14.1. The van der Waals surface area contributed by atoms with Crippen LogP contribution in [0.25, 0.3) is 0 Å². The monoisotopic (exact) mass is 436 g/mol. The van der Waals surface area contributed by atoms with E-state index < -0.39 is 14.2 Å². The molecule has 4 bridgehead atoms. The molecule has 2 N–H and O–H groups in total. The van der Waals surface area contributed by atoms with Crippen LogP contribution < -0.4 is 10.6 Å². The van der Waals surface area contributed by atoms with Crippen molar-refractivity contribution in [2.75, 3.05) is 13.2 Å². The highest BCUT2D eigenvalue weighted by atomic mass is 28.3. The number of carbonyl (C=O) groups excluding carboxylic acids is 2. The van der Waals surface area contributed by atoms with Crippen molar-refractivity contribution in [3.8, 4) is 0 Å². The highest BCUT2D eigenvalue weighted by Crippen LogP contribution is 2.62. The molecule has 0 radical (unpaired) electrons. The summed E-state index contributed by atoms with van der Waals surface area (Å²) < 4.78 is 10.5. The highest BCUT2D eigenvalue weighted by molar-refractivity contribution is 6.76. The summed E-state index contributed by atoms with van der Waals surface area (Å²) in [6.07, 6.45) is 6.23. The molecule has 30 heavy (non-hydrogen) atoms. The normalized spacial score (nSPS) is 30.1. The standard InChI is InChI=1S/C23H40N2O4Si/c1-15(2)29-23(27)25-19(6-8-28-22(26)24-7-9-30(3,4)5)14-21-18-11-16-10-17(13-18)20(21)12-16/h16-21H,1,6-14H2,2-5H3,(H,24,26)(H,25,27)/t16-,17-,18-,19+,20-,21-/m0/s1. The Kier molecular flexibility index (Phi) is 7.53. The van der Waals surface area contributed by atoms with Gasteiger partial charge in [0.05, 0.1) is 12.4 Å². The van der Waals surface area contributed by atoms with Gasteiger partial charge in [-0.1, -0.05) is 26.2 Å². The number of hydrogen-bond acceptors (Lipinski definition) is 4. The fourth-order valence-electron chi connectivity index (χ4n) is 6.06. The fraction of sp³-hybridized carbons (Fsp3) is 0.826. The van der Waals surface area contributed by atoms with Gasteiger partial charge in [-0.15, -0.1) is 0 Å². The number of hydrogen-bond donors (Lipinski definition) is 2. The molecule has 0 saturated heterocycles. The number of ether oxygens (including phenoxy) is 2. The second-order valence-electron chi connectivity index (χ2n) is 11.0. The lowest BCUT2D eigenvalue weighted by Crippen LogP contribution is -2.40. The Balaban J connectivity index is 1.47. The Morgan fingerprint density at radius 2 is 1.83 bits per heavy atom.